The lowest BCUT2D eigenvalue weighted by Crippen LogP contribution is -1.97. The van der Waals surface area contributed by atoms with Crippen molar-refractivity contribution in [1.82, 2.24) is 0 Å². The molecular formula is C8H14N2. The molecule has 0 amide bonds. The first-order valence-corrected chi connectivity index (χ1v) is 3.10. The van der Waals surface area contributed by atoms with Gasteiger partial charge in [-0.15, -0.1) is 0 Å². The predicted molar refractivity (Wildman–Crippen MR) is 45.0 cm³/mol. The van der Waals surface area contributed by atoms with Gasteiger partial charge < -0.3 is 11.5 Å². The zero-order valence-electron chi connectivity index (χ0n) is 6.52. The van der Waals surface area contributed by atoms with Crippen LogP contribution in [0, 0.1) is 0 Å². The summed E-state index contributed by atoms with van der Waals surface area (Å²) in [5.74, 6) is 0. The summed E-state index contributed by atoms with van der Waals surface area (Å²) in [6, 6.07) is 0. The Morgan fingerprint density at radius 1 is 1.30 bits per heavy atom. The van der Waals surface area contributed by atoms with E-state index in [1.54, 1.807) is 6.08 Å². The Balaban J connectivity index is 4.48. The molecule has 0 aliphatic rings. The molecule has 0 heterocycles. The molecule has 0 unspecified atom stereocenters. The number of rotatable bonds is 2. The SMILES string of the molecule is C=C/C(N)=C(C)\C=C(\C)N. The quantitative estimate of drug-likeness (QED) is 0.564. The van der Waals surface area contributed by atoms with E-state index in [4.69, 9.17) is 11.5 Å². The lowest BCUT2D eigenvalue weighted by atomic mass is 10.2. The Bertz CT molecular complexity index is 183. The molecule has 0 saturated heterocycles. The van der Waals surface area contributed by atoms with Crippen LogP contribution >= 0.6 is 0 Å². The molecule has 0 spiro atoms. The van der Waals surface area contributed by atoms with Gasteiger partial charge in [0.05, 0.1) is 0 Å². The molecule has 4 N–H and O–H groups in total. The van der Waals surface area contributed by atoms with Gasteiger partial charge in [-0.3, -0.25) is 0 Å². The Morgan fingerprint density at radius 3 is 2.10 bits per heavy atom. The Labute approximate surface area is 61.9 Å². The normalized spacial score (nSPS) is 14.4. The first kappa shape index (κ1) is 8.82. The van der Waals surface area contributed by atoms with Crippen molar-refractivity contribution >= 4 is 0 Å². The average Bonchev–Trinajstić information content (AvgIpc) is 1.85. The van der Waals surface area contributed by atoms with E-state index in [2.05, 4.69) is 6.58 Å². The van der Waals surface area contributed by atoms with Gasteiger partial charge in [0, 0.05) is 11.4 Å². The molecule has 56 valence electrons. The predicted octanol–water partition coefficient (Wildman–Crippen LogP) is 1.27. The van der Waals surface area contributed by atoms with Crippen molar-refractivity contribution in [2.24, 2.45) is 11.5 Å². The maximum Gasteiger partial charge on any atom is 0.0338 e. The van der Waals surface area contributed by atoms with E-state index < -0.39 is 0 Å². The van der Waals surface area contributed by atoms with Gasteiger partial charge in [-0.1, -0.05) is 6.58 Å². The molecule has 0 atom stereocenters. The van der Waals surface area contributed by atoms with Crippen LogP contribution in [-0.2, 0) is 0 Å². The van der Waals surface area contributed by atoms with Crippen LogP contribution < -0.4 is 11.5 Å². The smallest absolute Gasteiger partial charge is 0.0338 e. The van der Waals surface area contributed by atoms with E-state index in [0.717, 1.165) is 11.3 Å². The second-order valence-electron chi connectivity index (χ2n) is 2.23. The first-order valence-electron chi connectivity index (χ1n) is 3.10. The second-order valence-corrected chi connectivity index (χ2v) is 2.23. The standard InChI is InChI=1S/C8H14N2/c1-4-8(10)6(2)5-7(3)9/h4-5H,1,9-10H2,2-3H3/b7-5-,8-6+. The lowest BCUT2D eigenvalue weighted by Gasteiger charge is -1.96. The molecule has 2 nitrogen and oxygen atoms in total. The molecule has 10 heavy (non-hydrogen) atoms. The van der Waals surface area contributed by atoms with Gasteiger partial charge in [-0.05, 0) is 31.6 Å². The number of allylic oxidation sites excluding steroid dienone is 4. The third kappa shape index (κ3) is 2.97. The van der Waals surface area contributed by atoms with Crippen LogP contribution in [0.5, 0.6) is 0 Å². The highest BCUT2D eigenvalue weighted by Gasteiger charge is 1.87. The van der Waals surface area contributed by atoms with Crippen LogP contribution in [-0.4, -0.2) is 0 Å². The summed E-state index contributed by atoms with van der Waals surface area (Å²) in [5.41, 5.74) is 13.3. The molecule has 0 radical (unpaired) electrons. The summed E-state index contributed by atoms with van der Waals surface area (Å²) < 4.78 is 0. The van der Waals surface area contributed by atoms with E-state index in [1.807, 2.05) is 19.9 Å². The Morgan fingerprint density at radius 2 is 1.80 bits per heavy atom. The van der Waals surface area contributed by atoms with Crippen molar-refractivity contribution in [3.05, 3.63) is 35.7 Å². The Hall–Kier alpha value is -1.18. The van der Waals surface area contributed by atoms with E-state index in [-0.39, 0.29) is 0 Å². The number of hydrogen-bond acceptors (Lipinski definition) is 2. The van der Waals surface area contributed by atoms with Crippen LogP contribution in [0.15, 0.2) is 35.7 Å². The highest BCUT2D eigenvalue weighted by atomic mass is 14.6. The summed E-state index contributed by atoms with van der Waals surface area (Å²) in [5, 5.41) is 0. The molecule has 0 aromatic rings. The number of hydrogen-bond donors (Lipinski definition) is 2. The minimum Gasteiger partial charge on any atom is -0.402 e. The van der Waals surface area contributed by atoms with Crippen LogP contribution in [0.4, 0.5) is 0 Å². The largest absolute Gasteiger partial charge is 0.402 e. The average molecular weight is 138 g/mol. The molecule has 0 rings (SSSR count). The minimum absolute atomic E-state index is 0.671. The monoisotopic (exact) mass is 138 g/mol. The topological polar surface area (TPSA) is 52.0 Å². The summed E-state index contributed by atoms with van der Waals surface area (Å²) in [7, 11) is 0. The Kier molecular flexibility index (Phi) is 3.33. The second kappa shape index (κ2) is 3.77. The van der Waals surface area contributed by atoms with E-state index in [1.165, 1.54) is 0 Å². The maximum absolute atomic E-state index is 5.53. The van der Waals surface area contributed by atoms with E-state index in [9.17, 15) is 0 Å². The third-order valence-corrected chi connectivity index (χ3v) is 1.12. The summed E-state index contributed by atoms with van der Waals surface area (Å²) >= 11 is 0. The summed E-state index contributed by atoms with van der Waals surface area (Å²) in [4.78, 5) is 0. The van der Waals surface area contributed by atoms with E-state index >= 15 is 0 Å². The van der Waals surface area contributed by atoms with Crippen molar-refractivity contribution in [1.29, 1.82) is 0 Å². The van der Waals surface area contributed by atoms with Crippen molar-refractivity contribution in [2.45, 2.75) is 13.8 Å². The minimum atomic E-state index is 0.671. The molecule has 0 fully saturated rings. The molecule has 0 aromatic carbocycles. The highest BCUT2D eigenvalue weighted by molar-refractivity contribution is 5.29. The van der Waals surface area contributed by atoms with Crippen LogP contribution in [0.3, 0.4) is 0 Å². The van der Waals surface area contributed by atoms with E-state index in [0.29, 0.717) is 5.70 Å². The fourth-order valence-electron chi connectivity index (χ4n) is 0.586. The summed E-state index contributed by atoms with van der Waals surface area (Å²) in [6.07, 6.45) is 3.42. The van der Waals surface area contributed by atoms with Gasteiger partial charge >= 0.3 is 0 Å². The molecular weight excluding hydrogens is 124 g/mol. The highest BCUT2D eigenvalue weighted by Crippen LogP contribution is 2.01. The molecule has 0 aliphatic heterocycles. The fraction of sp³-hybridized carbons (Fsp3) is 0.250. The van der Waals surface area contributed by atoms with Crippen molar-refractivity contribution in [3.63, 3.8) is 0 Å². The summed E-state index contributed by atoms with van der Waals surface area (Å²) in [6.45, 7) is 7.25. The first-order chi connectivity index (χ1) is 4.57. The van der Waals surface area contributed by atoms with Gasteiger partial charge in [0.25, 0.3) is 0 Å². The van der Waals surface area contributed by atoms with Crippen LogP contribution in [0.25, 0.3) is 0 Å². The molecule has 0 saturated carbocycles. The van der Waals surface area contributed by atoms with Gasteiger partial charge in [0.15, 0.2) is 0 Å². The van der Waals surface area contributed by atoms with Gasteiger partial charge in [-0.25, -0.2) is 0 Å². The van der Waals surface area contributed by atoms with Crippen molar-refractivity contribution in [2.75, 3.05) is 0 Å². The lowest BCUT2D eigenvalue weighted by molar-refractivity contribution is 1.25. The van der Waals surface area contributed by atoms with Crippen LogP contribution in [0.2, 0.25) is 0 Å². The van der Waals surface area contributed by atoms with Crippen molar-refractivity contribution < 1.29 is 0 Å². The molecule has 0 aromatic heterocycles. The van der Waals surface area contributed by atoms with Crippen molar-refractivity contribution in [3.8, 4) is 0 Å². The zero-order valence-corrected chi connectivity index (χ0v) is 6.52. The number of nitrogens with two attached hydrogens (primary N) is 2. The van der Waals surface area contributed by atoms with Gasteiger partial charge in [-0.2, -0.15) is 0 Å². The van der Waals surface area contributed by atoms with Gasteiger partial charge in [0.2, 0.25) is 0 Å². The zero-order chi connectivity index (χ0) is 8.15. The van der Waals surface area contributed by atoms with Gasteiger partial charge in [0.1, 0.15) is 0 Å². The maximum atomic E-state index is 5.53. The third-order valence-electron chi connectivity index (χ3n) is 1.12. The molecule has 0 bridgehead atoms. The fourth-order valence-corrected chi connectivity index (χ4v) is 0.586. The van der Waals surface area contributed by atoms with Crippen LogP contribution in [0.1, 0.15) is 13.8 Å². The molecule has 0 aliphatic carbocycles. The molecule has 2 heteroatoms.